The van der Waals surface area contributed by atoms with Gasteiger partial charge in [0.15, 0.2) is 5.82 Å². The zero-order valence-corrected chi connectivity index (χ0v) is 22.7. The van der Waals surface area contributed by atoms with E-state index in [4.69, 9.17) is 0 Å². The predicted octanol–water partition coefficient (Wildman–Crippen LogP) is 4.82. The summed E-state index contributed by atoms with van der Waals surface area (Å²) in [6.07, 6.45) is -2.88. The van der Waals surface area contributed by atoms with Gasteiger partial charge in [-0.15, -0.1) is 18.3 Å². The van der Waals surface area contributed by atoms with Crippen molar-refractivity contribution in [2.75, 3.05) is 10.2 Å². The van der Waals surface area contributed by atoms with E-state index in [-0.39, 0.29) is 24.6 Å². The molecule has 0 saturated heterocycles. The van der Waals surface area contributed by atoms with Crippen molar-refractivity contribution in [2.45, 2.75) is 45.1 Å². The van der Waals surface area contributed by atoms with Crippen LogP contribution in [0.4, 0.5) is 29.6 Å². The lowest BCUT2D eigenvalue weighted by Crippen LogP contribution is -2.33. The van der Waals surface area contributed by atoms with Crippen LogP contribution in [0.25, 0.3) is 0 Å². The minimum absolute atomic E-state index is 0.0454. The van der Waals surface area contributed by atoms with Crippen molar-refractivity contribution in [3.05, 3.63) is 106 Å². The molecule has 2 aromatic carbocycles. The average Bonchev–Trinajstić information content (AvgIpc) is 2.95. The van der Waals surface area contributed by atoms with Gasteiger partial charge in [0, 0.05) is 12.7 Å². The number of rotatable bonds is 12. The lowest BCUT2D eigenvalue weighted by molar-refractivity contribution is -0.274. The number of carboxylic acid groups (broad SMARTS) is 1. The molecule has 0 aliphatic carbocycles. The number of carbonyl (C=O) groups excluding carboxylic acids is 1. The van der Waals surface area contributed by atoms with Gasteiger partial charge in [-0.25, -0.2) is 9.59 Å². The van der Waals surface area contributed by atoms with Crippen molar-refractivity contribution >= 4 is 23.6 Å². The minimum atomic E-state index is -4.83. The Morgan fingerprint density at radius 1 is 0.953 bits per heavy atom. The van der Waals surface area contributed by atoms with Crippen LogP contribution < -0.4 is 20.6 Å². The summed E-state index contributed by atoms with van der Waals surface area (Å²) in [5, 5.41) is 20.2. The van der Waals surface area contributed by atoms with Crippen molar-refractivity contribution in [1.29, 1.82) is 0 Å². The molecule has 4 aromatic rings. The average molecular weight is 597 g/mol. The van der Waals surface area contributed by atoms with E-state index in [2.05, 4.69) is 25.2 Å². The molecule has 2 amide bonds. The molecule has 43 heavy (non-hydrogen) atoms. The second-order valence-electron chi connectivity index (χ2n) is 9.40. The summed E-state index contributed by atoms with van der Waals surface area (Å²) >= 11 is 0. The Hall–Kier alpha value is -5.27. The summed E-state index contributed by atoms with van der Waals surface area (Å²) in [5.41, 5.74) is 1.20. The van der Waals surface area contributed by atoms with Crippen LogP contribution in [0.5, 0.6) is 5.75 Å². The lowest BCUT2D eigenvalue weighted by atomic mass is 10.1. The zero-order valence-electron chi connectivity index (χ0n) is 22.7. The smallest absolute Gasteiger partial charge is 0.465 e. The molecule has 0 aliphatic rings. The van der Waals surface area contributed by atoms with Crippen LogP contribution in [-0.2, 0) is 30.7 Å². The van der Waals surface area contributed by atoms with E-state index in [0.29, 0.717) is 37.1 Å². The number of amides is 2. The highest BCUT2D eigenvalue weighted by atomic mass is 19.4. The molecule has 2 N–H and O–H groups in total. The van der Waals surface area contributed by atoms with Crippen molar-refractivity contribution < 1.29 is 32.6 Å². The third-order valence-corrected chi connectivity index (χ3v) is 6.12. The van der Waals surface area contributed by atoms with Crippen LogP contribution in [0.2, 0.25) is 0 Å². The second kappa shape index (κ2) is 14.1. The highest BCUT2D eigenvalue weighted by molar-refractivity contribution is 5.91. The summed E-state index contributed by atoms with van der Waals surface area (Å²) in [6.45, 7) is 0.430. The van der Waals surface area contributed by atoms with Crippen LogP contribution in [0.15, 0.2) is 83.8 Å². The Bertz CT molecular complexity index is 1600. The van der Waals surface area contributed by atoms with E-state index in [1.165, 1.54) is 29.0 Å². The van der Waals surface area contributed by atoms with E-state index in [1.54, 1.807) is 36.4 Å². The first-order valence-corrected chi connectivity index (χ1v) is 13.1. The van der Waals surface area contributed by atoms with Crippen LogP contribution >= 0.6 is 0 Å². The Labute approximate surface area is 243 Å². The molecule has 0 radical (unpaired) electrons. The van der Waals surface area contributed by atoms with E-state index >= 15 is 0 Å². The van der Waals surface area contributed by atoms with Gasteiger partial charge >= 0.3 is 18.1 Å². The van der Waals surface area contributed by atoms with Crippen LogP contribution in [0.3, 0.4) is 0 Å². The van der Waals surface area contributed by atoms with Crippen molar-refractivity contribution in [3.8, 4) is 5.75 Å². The van der Waals surface area contributed by atoms with Gasteiger partial charge in [0.25, 0.3) is 0 Å². The Morgan fingerprint density at radius 3 is 2.40 bits per heavy atom. The number of nitrogens with zero attached hydrogens (tertiary/aromatic N) is 5. The molecule has 4 rings (SSSR count). The van der Waals surface area contributed by atoms with Crippen LogP contribution in [0.1, 0.15) is 29.7 Å². The third kappa shape index (κ3) is 9.66. The highest BCUT2D eigenvalue weighted by Crippen LogP contribution is 2.23. The molecule has 0 bridgehead atoms. The van der Waals surface area contributed by atoms with E-state index in [0.717, 1.165) is 22.6 Å². The van der Waals surface area contributed by atoms with Crippen LogP contribution in [0, 0.1) is 0 Å². The zero-order chi connectivity index (χ0) is 30.8. The van der Waals surface area contributed by atoms with Gasteiger partial charge in [-0.2, -0.15) is 10.1 Å². The molecule has 2 heterocycles. The van der Waals surface area contributed by atoms with Gasteiger partial charge in [-0.05, 0) is 60.7 Å². The van der Waals surface area contributed by atoms with Gasteiger partial charge in [-0.1, -0.05) is 42.5 Å². The monoisotopic (exact) mass is 596 g/mol. The first-order valence-electron chi connectivity index (χ1n) is 13.1. The molecule has 0 atom stereocenters. The van der Waals surface area contributed by atoms with Crippen molar-refractivity contribution in [2.24, 2.45) is 0 Å². The van der Waals surface area contributed by atoms with Crippen molar-refractivity contribution in [1.82, 2.24) is 19.7 Å². The standard InChI is InChI=1S/C29H27F3N6O5/c30-29(31,32)43-23-11-6-9-21(17-23)18-26(39)33-24-13-12-22(35-36-24)10-4-5-15-37-16-14-25(34-27(37)40)38(28(41)42)19-20-7-2-1-3-8-20/h1-3,6-9,11-14,16-17H,4-5,10,15,18-19H2,(H,41,42)(H,33,36,39). The summed E-state index contributed by atoms with van der Waals surface area (Å²) in [5.74, 6) is -0.660. The molecule has 0 unspecified atom stereocenters. The maximum Gasteiger partial charge on any atom is 0.573 e. The molecule has 224 valence electrons. The Kier molecular flexibility index (Phi) is 10.0. The number of aryl methyl sites for hydroxylation is 2. The number of benzene rings is 2. The van der Waals surface area contributed by atoms with E-state index in [9.17, 15) is 32.7 Å². The first-order chi connectivity index (χ1) is 20.6. The van der Waals surface area contributed by atoms with Crippen molar-refractivity contribution in [3.63, 3.8) is 0 Å². The predicted molar refractivity (Wildman–Crippen MR) is 150 cm³/mol. The van der Waals surface area contributed by atoms with E-state index in [1.807, 2.05) is 6.07 Å². The third-order valence-electron chi connectivity index (χ3n) is 6.12. The molecular weight excluding hydrogens is 569 g/mol. The highest BCUT2D eigenvalue weighted by Gasteiger charge is 2.31. The first kappa shape index (κ1) is 30.7. The number of carbonyl (C=O) groups is 2. The number of aromatic nitrogens is 4. The number of halogens is 3. The fourth-order valence-electron chi connectivity index (χ4n) is 4.13. The van der Waals surface area contributed by atoms with Gasteiger partial charge in [0.2, 0.25) is 5.91 Å². The lowest BCUT2D eigenvalue weighted by Gasteiger charge is -2.18. The molecular formula is C29H27F3N6O5. The van der Waals surface area contributed by atoms with E-state index < -0.39 is 29.8 Å². The topological polar surface area (TPSA) is 140 Å². The SMILES string of the molecule is O=C(Cc1cccc(OC(F)(F)F)c1)Nc1ccc(CCCCn2ccc(N(Cc3ccccc3)C(=O)O)nc2=O)nn1. The quantitative estimate of drug-likeness (QED) is 0.222. The summed E-state index contributed by atoms with van der Waals surface area (Å²) < 4.78 is 42.5. The molecule has 0 aliphatic heterocycles. The van der Waals surface area contributed by atoms with Gasteiger partial charge < -0.3 is 15.2 Å². The molecule has 0 fully saturated rings. The maximum atomic E-state index is 12.5. The maximum absolute atomic E-state index is 12.5. The molecule has 0 saturated carbocycles. The number of hydrogen-bond acceptors (Lipinski definition) is 7. The largest absolute Gasteiger partial charge is 0.573 e. The molecule has 14 heteroatoms. The Balaban J connectivity index is 1.23. The fraction of sp³-hybridized carbons (Fsp3) is 0.241. The number of ether oxygens (including phenoxy) is 1. The number of hydrogen-bond donors (Lipinski definition) is 2. The number of anilines is 2. The fourth-order valence-corrected chi connectivity index (χ4v) is 4.13. The van der Waals surface area contributed by atoms with Crippen LogP contribution in [-0.4, -0.2) is 43.2 Å². The number of unbranched alkanes of at least 4 members (excludes halogenated alkanes) is 1. The second-order valence-corrected chi connectivity index (χ2v) is 9.40. The van der Waals surface area contributed by atoms with Gasteiger partial charge in [0.1, 0.15) is 11.6 Å². The summed E-state index contributed by atoms with van der Waals surface area (Å²) in [6, 6.07) is 18.9. The summed E-state index contributed by atoms with van der Waals surface area (Å²) in [7, 11) is 0. The summed E-state index contributed by atoms with van der Waals surface area (Å²) in [4.78, 5) is 41.5. The number of alkyl halides is 3. The molecule has 0 spiro atoms. The molecule has 2 aromatic heterocycles. The minimum Gasteiger partial charge on any atom is -0.465 e. The normalized spacial score (nSPS) is 11.1. The van der Waals surface area contributed by atoms with Gasteiger partial charge in [0.05, 0.1) is 18.7 Å². The number of nitrogens with one attached hydrogen (secondary N) is 1. The Morgan fingerprint density at radius 2 is 1.72 bits per heavy atom. The molecule has 11 nitrogen and oxygen atoms in total. The van der Waals surface area contributed by atoms with Gasteiger partial charge in [-0.3, -0.25) is 14.3 Å².